The van der Waals surface area contributed by atoms with Crippen LogP contribution in [0.5, 0.6) is 0 Å². The van der Waals surface area contributed by atoms with Crippen LogP contribution in [0.4, 0.5) is 0 Å². The van der Waals surface area contributed by atoms with E-state index in [1.807, 2.05) is 0 Å². The number of nitrogens with zero attached hydrogens (tertiary/aromatic N) is 1. The minimum Gasteiger partial charge on any atom is -0.549 e. The van der Waals surface area contributed by atoms with Crippen molar-refractivity contribution in [1.29, 1.82) is 0 Å². The molecular weight excluding hydrogens is 218 g/mol. The summed E-state index contributed by atoms with van der Waals surface area (Å²) in [4.78, 5) is 10.3. The van der Waals surface area contributed by atoms with Gasteiger partial charge in [0, 0.05) is 7.05 Å². The van der Waals surface area contributed by atoms with Gasteiger partial charge in [-0.25, -0.2) is 8.42 Å². The van der Waals surface area contributed by atoms with Crippen molar-refractivity contribution in [1.82, 2.24) is 4.31 Å². The molecule has 0 spiro atoms. The first-order valence-corrected chi connectivity index (χ1v) is 5.60. The molecule has 0 radical (unpaired) electrons. The molecule has 1 rings (SSSR count). The predicted molar refractivity (Wildman–Crippen MR) is 51.3 cm³/mol. The number of carbonyl (C=O) groups is 1. The van der Waals surface area contributed by atoms with Gasteiger partial charge in [0.2, 0.25) is 10.0 Å². The number of rotatable bonds is 4. The molecule has 0 aromatic heterocycles. The monoisotopic (exact) mass is 228 g/mol. The number of hydrogen-bond acceptors (Lipinski definition) is 4. The summed E-state index contributed by atoms with van der Waals surface area (Å²) in [6.07, 6.45) is 0. The number of hydrogen-bond donors (Lipinski definition) is 0. The number of aliphatic carboxylic acids is 1. The van der Waals surface area contributed by atoms with E-state index in [0.29, 0.717) is 0 Å². The van der Waals surface area contributed by atoms with Crippen LogP contribution in [0.2, 0.25) is 0 Å². The molecule has 0 amide bonds. The lowest BCUT2D eigenvalue weighted by Crippen LogP contribution is -2.39. The van der Waals surface area contributed by atoms with Crippen molar-refractivity contribution < 1.29 is 18.3 Å². The third-order valence-corrected chi connectivity index (χ3v) is 3.62. The van der Waals surface area contributed by atoms with Gasteiger partial charge in [0.15, 0.2) is 0 Å². The molecular formula is C9H10NO4S-. The maximum absolute atomic E-state index is 11.7. The Morgan fingerprint density at radius 2 is 1.87 bits per heavy atom. The van der Waals surface area contributed by atoms with E-state index in [9.17, 15) is 18.3 Å². The van der Waals surface area contributed by atoms with E-state index in [2.05, 4.69) is 0 Å². The number of carbonyl (C=O) groups excluding carboxylic acids is 1. The van der Waals surface area contributed by atoms with E-state index >= 15 is 0 Å². The molecule has 0 atom stereocenters. The molecule has 0 bridgehead atoms. The molecule has 5 nitrogen and oxygen atoms in total. The zero-order chi connectivity index (χ0) is 11.5. The maximum atomic E-state index is 11.7. The molecule has 0 aliphatic rings. The smallest absolute Gasteiger partial charge is 0.243 e. The Morgan fingerprint density at radius 3 is 2.33 bits per heavy atom. The molecule has 0 fully saturated rings. The lowest BCUT2D eigenvalue weighted by atomic mass is 10.4. The van der Waals surface area contributed by atoms with Crippen molar-refractivity contribution in [2.75, 3.05) is 13.6 Å². The van der Waals surface area contributed by atoms with E-state index < -0.39 is 22.5 Å². The van der Waals surface area contributed by atoms with Crippen molar-refractivity contribution in [3.8, 4) is 0 Å². The van der Waals surface area contributed by atoms with Gasteiger partial charge in [0.1, 0.15) is 0 Å². The molecule has 1 aromatic rings. The van der Waals surface area contributed by atoms with Gasteiger partial charge >= 0.3 is 0 Å². The van der Waals surface area contributed by atoms with E-state index in [1.165, 1.54) is 19.2 Å². The Kier molecular flexibility index (Phi) is 3.43. The van der Waals surface area contributed by atoms with Crippen molar-refractivity contribution in [3.63, 3.8) is 0 Å². The average Bonchev–Trinajstić information content (AvgIpc) is 2.18. The fourth-order valence-electron chi connectivity index (χ4n) is 1.04. The second kappa shape index (κ2) is 4.41. The first-order chi connectivity index (χ1) is 6.94. The molecule has 6 heteroatoms. The Morgan fingerprint density at radius 1 is 1.33 bits per heavy atom. The third kappa shape index (κ3) is 2.77. The molecule has 0 aliphatic carbocycles. The number of carboxylic acids is 1. The number of carboxylic acid groups (broad SMARTS) is 1. The summed E-state index contributed by atoms with van der Waals surface area (Å²) in [5.41, 5.74) is 0. The first kappa shape index (κ1) is 11.7. The molecule has 0 aliphatic heterocycles. The van der Waals surface area contributed by atoms with E-state index in [-0.39, 0.29) is 4.90 Å². The summed E-state index contributed by atoms with van der Waals surface area (Å²) in [6.45, 7) is -0.656. The second-order valence-electron chi connectivity index (χ2n) is 2.95. The van der Waals surface area contributed by atoms with Crippen LogP contribution in [-0.2, 0) is 14.8 Å². The van der Waals surface area contributed by atoms with Crippen molar-refractivity contribution in [2.45, 2.75) is 4.90 Å². The van der Waals surface area contributed by atoms with Gasteiger partial charge < -0.3 is 9.90 Å². The summed E-state index contributed by atoms with van der Waals surface area (Å²) in [6, 6.07) is 7.62. The molecule has 82 valence electrons. The van der Waals surface area contributed by atoms with Crippen LogP contribution in [0.15, 0.2) is 35.2 Å². The number of likely N-dealkylation sites (N-methyl/N-ethyl adjacent to an activating group) is 1. The van der Waals surface area contributed by atoms with Crippen LogP contribution >= 0.6 is 0 Å². The lowest BCUT2D eigenvalue weighted by molar-refractivity contribution is -0.305. The topological polar surface area (TPSA) is 77.5 Å². The Hall–Kier alpha value is -1.40. The molecule has 0 heterocycles. The number of benzene rings is 1. The van der Waals surface area contributed by atoms with Crippen LogP contribution in [0.1, 0.15) is 0 Å². The van der Waals surface area contributed by atoms with E-state index in [0.717, 1.165) is 4.31 Å². The van der Waals surface area contributed by atoms with Crippen LogP contribution in [-0.4, -0.2) is 32.3 Å². The van der Waals surface area contributed by atoms with Crippen molar-refractivity contribution >= 4 is 16.0 Å². The minimum absolute atomic E-state index is 0.0637. The van der Waals surface area contributed by atoms with Gasteiger partial charge in [-0.05, 0) is 12.1 Å². The predicted octanol–water partition coefficient (Wildman–Crippen LogP) is -0.943. The highest BCUT2D eigenvalue weighted by Gasteiger charge is 2.19. The van der Waals surface area contributed by atoms with Gasteiger partial charge in [0.05, 0.1) is 17.4 Å². The second-order valence-corrected chi connectivity index (χ2v) is 4.99. The van der Waals surface area contributed by atoms with Gasteiger partial charge in [0.25, 0.3) is 0 Å². The summed E-state index contributed by atoms with van der Waals surface area (Å²) in [7, 11) is -2.53. The van der Waals surface area contributed by atoms with Gasteiger partial charge in [-0.2, -0.15) is 4.31 Å². The molecule has 0 N–H and O–H groups in total. The summed E-state index contributed by atoms with van der Waals surface area (Å²) in [5.74, 6) is -1.43. The van der Waals surface area contributed by atoms with Gasteiger partial charge in [-0.15, -0.1) is 0 Å². The summed E-state index contributed by atoms with van der Waals surface area (Å²) >= 11 is 0. The standard InChI is InChI=1S/C9H11NO4S/c1-10(7-9(11)12)15(13,14)8-5-3-2-4-6-8/h2-6H,7H2,1H3,(H,11,12)/p-1. The Labute approximate surface area is 88.0 Å². The highest BCUT2D eigenvalue weighted by atomic mass is 32.2. The van der Waals surface area contributed by atoms with Crippen molar-refractivity contribution in [2.24, 2.45) is 0 Å². The van der Waals surface area contributed by atoms with Crippen LogP contribution in [0.3, 0.4) is 0 Å². The Bertz CT molecular complexity index is 440. The third-order valence-electron chi connectivity index (χ3n) is 1.80. The van der Waals surface area contributed by atoms with Crippen LogP contribution in [0.25, 0.3) is 0 Å². The molecule has 0 saturated heterocycles. The van der Waals surface area contributed by atoms with E-state index in [4.69, 9.17) is 0 Å². The van der Waals surface area contributed by atoms with Crippen LogP contribution in [0, 0.1) is 0 Å². The Balaban J connectivity index is 2.99. The fraction of sp³-hybridized carbons (Fsp3) is 0.222. The van der Waals surface area contributed by atoms with Gasteiger partial charge in [-0.1, -0.05) is 18.2 Å². The molecule has 15 heavy (non-hydrogen) atoms. The first-order valence-electron chi connectivity index (χ1n) is 4.16. The van der Waals surface area contributed by atoms with Crippen LogP contribution < -0.4 is 5.11 Å². The minimum atomic E-state index is -3.72. The van der Waals surface area contributed by atoms with Gasteiger partial charge in [-0.3, -0.25) is 0 Å². The maximum Gasteiger partial charge on any atom is 0.243 e. The fourth-order valence-corrected chi connectivity index (χ4v) is 2.18. The zero-order valence-corrected chi connectivity index (χ0v) is 8.90. The van der Waals surface area contributed by atoms with Crippen molar-refractivity contribution in [3.05, 3.63) is 30.3 Å². The zero-order valence-electron chi connectivity index (χ0n) is 8.08. The normalized spacial score (nSPS) is 11.6. The molecule has 1 aromatic carbocycles. The van der Waals surface area contributed by atoms with E-state index in [1.54, 1.807) is 18.2 Å². The SMILES string of the molecule is CN(CC(=O)[O-])S(=O)(=O)c1ccccc1. The molecule has 0 unspecified atom stereocenters. The highest BCUT2D eigenvalue weighted by Crippen LogP contribution is 2.12. The summed E-state index contributed by atoms with van der Waals surface area (Å²) < 4.78 is 24.1. The largest absolute Gasteiger partial charge is 0.549 e. The highest BCUT2D eigenvalue weighted by molar-refractivity contribution is 7.89. The number of sulfonamides is 1. The average molecular weight is 228 g/mol. The molecule has 0 saturated carbocycles. The summed E-state index contributed by atoms with van der Waals surface area (Å²) in [5, 5.41) is 10.3. The lowest BCUT2D eigenvalue weighted by Gasteiger charge is -2.17. The quantitative estimate of drug-likeness (QED) is 0.666.